The Kier molecular flexibility index (Phi) is 4.53. The van der Waals surface area contributed by atoms with E-state index < -0.39 is 0 Å². The Morgan fingerprint density at radius 1 is 1.50 bits per heavy atom. The number of aromatic amines is 1. The number of nitrogens with one attached hydrogen (secondary N) is 2. The summed E-state index contributed by atoms with van der Waals surface area (Å²) in [5.41, 5.74) is 0. The minimum Gasteiger partial charge on any atom is -0.354 e. The minimum absolute atomic E-state index is 0.0429. The second-order valence-electron chi connectivity index (χ2n) is 5.21. The number of hydrogen-bond acceptors (Lipinski definition) is 4. The minimum atomic E-state index is -0.355. The molecule has 1 fully saturated rings. The summed E-state index contributed by atoms with van der Waals surface area (Å²) in [5, 5.41) is 4.78. The lowest BCUT2D eigenvalue weighted by Crippen LogP contribution is -2.46. The van der Waals surface area contributed by atoms with Crippen molar-refractivity contribution < 1.29 is 9.59 Å². The van der Waals surface area contributed by atoms with Gasteiger partial charge in [-0.2, -0.15) is 0 Å². The second-order valence-corrected chi connectivity index (χ2v) is 6.16. The first-order chi connectivity index (χ1) is 10.8. The van der Waals surface area contributed by atoms with Gasteiger partial charge in [-0.3, -0.25) is 9.59 Å². The van der Waals surface area contributed by atoms with Crippen LogP contribution in [-0.4, -0.2) is 45.8 Å². The highest BCUT2D eigenvalue weighted by atomic mass is 32.1. The summed E-state index contributed by atoms with van der Waals surface area (Å²) >= 11 is 1.41. The first kappa shape index (κ1) is 14.8. The van der Waals surface area contributed by atoms with Crippen molar-refractivity contribution >= 4 is 23.2 Å². The highest BCUT2D eigenvalue weighted by molar-refractivity contribution is 7.12. The molecule has 0 radical (unpaired) electrons. The summed E-state index contributed by atoms with van der Waals surface area (Å²) in [4.78, 5) is 34.2. The Bertz CT molecular complexity index is 624. The Balaban J connectivity index is 1.55. The number of rotatable bonds is 5. The SMILES string of the molecule is O=C(NCCc1ncc[nH]1)[C@@H]1CCCN1C(=O)c1cccs1. The lowest BCUT2D eigenvalue weighted by molar-refractivity contribution is -0.124. The first-order valence-corrected chi connectivity index (χ1v) is 8.24. The topological polar surface area (TPSA) is 78.1 Å². The Morgan fingerprint density at radius 3 is 3.14 bits per heavy atom. The van der Waals surface area contributed by atoms with E-state index in [9.17, 15) is 9.59 Å². The number of nitrogens with zero attached hydrogens (tertiary/aromatic N) is 2. The molecule has 3 heterocycles. The molecular weight excluding hydrogens is 300 g/mol. The molecule has 1 atom stereocenters. The number of carbonyl (C=O) groups is 2. The van der Waals surface area contributed by atoms with Crippen molar-refractivity contribution in [2.24, 2.45) is 0 Å². The number of hydrogen-bond donors (Lipinski definition) is 2. The zero-order chi connectivity index (χ0) is 15.4. The molecule has 7 heteroatoms. The Labute approximate surface area is 132 Å². The summed E-state index contributed by atoms with van der Waals surface area (Å²) in [6.45, 7) is 1.16. The zero-order valence-corrected chi connectivity index (χ0v) is 12.9. The molecule has 3 rings (SSSR count). The van der Waals surface area contributed by atoms with Crippen LogP contribution in [0, 0.1) is 0 Å². The van der Waals surface area contributed by atoms with Crippen LogP contribution in [0.15, 0.2) is 29.9 Å². The average molecular weight is 318 g/mol. The molecule has 2 amide bonds. The number of thiophene rings is 1. The van der Waals surface area contributed by atoms with Gasteiger partial charge in [0, 0.05) is 31.9 Å². The number of H-pyrrole nitrogens is 1. The third-order valence-corrected chi connectivity index (χ3v) is 4.62. The van der Waals surface area contributed by atoms with Crippen LogP contribution >= 0.6 is 11.3 Å². The van der Waals surface area contributed by atoms with Gasteiger partial charge in [-0.05, 0) is 24.3 Å². The first-order valence-electron chi connectivity index (χ1n) is 7.36. The van der Waals surface area contributed by atoms with E-state index in [1.54, 1.807) is 23.4 Å². The molecule has 2 N–H and O–H groups in total. The summed E-state index contributed by atoms with van der Waals surface area (Å²) in [6.07, 6.45) is 5.70. The predicted octanol–water partition coefficient (Wildman–Crippen LogP) is 1.43. The van der Waals surface area contributed by atoms with Gasteiger partial charge in [0.05, 0.1) is 4.88 Å². The third kappa shape index (κ3) is 3.19. The number of likely N-dealkylation sites (tertiary alicyclic amines) is 1. The summed E-state index contributed by atoms with van der Waals surface area (Å²) in [7, 11) is 0. The quantitative estimate of drug-likeness (QED) is 0.875. The molecule has 0 aromatic carbocycles. The molecule has 1 aliphatic heterocycles. The monoisotopic (exact) mass is 318 g/mol. The molecule has 1 saturated heterocycles. The maximum absolute atomic E-state index is 12.4. The normalized spacial score (nSPS) is 17.6. The number of aromatic nitrogens is 2. The van der Waals surface area contributed by atoms with E-state index in [-0.39, 0.29) is 17.9 Å². The number of amides is 2. The van der Waals surface area contributed by atoms with Gasteiger partial charge in [0.2, 0.25) is 5.91 Å². The smallest absolute Gasteiger partial charge is 0.264 e. The lowest BCUT2D eigenvalue weighted by Gasteiger charge is -2.23. The van der Waals surface area contributed by atoms with E-state index in [1.165, 1.54) is 11.3 Å². The number of carbonyl (C=O) groups excluding carboxylic acids is 2. The van der Waals surface area contributed by atoms with Gasteiger partial charge < -0.3 is 15.2 Å². The molecule has 116 valence electrons. The molecule has 0 bridgehead atoms. The van der Waals surface area contributed by atoms with Crippen LogP contribution in [0.5, 0.6) is 0 Å². The molecule has 0 saturated carbocycles. The van der Waals surface area contributed by atoms with Crippen LogP contribution in [0.25, 0.3) is 0 Å². The van der Waals surface area contributed by atoms with Gasteiger partial charge in [0.25, 0.3) is 5.91 Å². The van der Waals surface area contributed by atoms with E-state index in [1.807, 2.05) is 11.4 Å². The van der Waals surface area contributed by atoms with E-state index in [2.05, 4.69) is 15.3 Å². The largest absolute Gasteiger partial charge is 0.354 e. The molecular formula is C15H18N4O2S. The van der Waals surface area contributed by atoms with Crippen LogP contribution < -0.4 is 5.32 Å². The lowest BCUT2D eigenvalue weighted by atomic mass is 10.2. The molecule has 6 nitrogen and oxygen atoms in total. The molecule has 0 unspecified atom stereocenters. The van der Waals surface area contributed by atoms with Crippen molar-refractivity contribution in [1.82, 2.24) is 20.2 Å². The Morgan fingerprint density at radius 2 is 2.41 bits per heavy atom. The van der Waals surface area contributed by atoms with Gasteiger partial charge in [-0.1, -0.05) is 6.07 Å². The Hall–Kier alpha value is -2.15. The maximum atomic E-state index is 12.4. The maximum Gasteiger partial charge on any atom is 0.264 e. The molecule has 0 spiro atoms. The van der Waals surface area contributed by atoms with Crippen LogP contribution in [0.3, 0.4) is 0 Å². The van der Waals surface area contributed by atoms with E-state index in [0.717, 1.165) is 18.7 Å². The standard InChI is InChI=1S/C15H18N4O2S/c20-14(18-6-5-13-16-7-8-17-13)11-3-1-9-19(11)15(21)12-4-2-10-22-12/h2,4,7-8,10-11H,1,3,5-6,9H2,(H,16,17)(H,18,20)/t11-/m0/s1. The highest BCUT2D eigenvalue weighted by Gasteiger charge is 2.34. The van der Waals surface area contributed by atoms with E-state index in [0.29, 0.717) is 24.4 Å². The van der Waals surface area contributed by atoms with Crippen molar-refractivity contribution in [1.29, 1.82) is 0 Å². The molecule has 2 aromatic heterocycles. The zero-order valence-electron chi connectivity index (χ0n) is 12.1. The fourth-order valence-corrected chi connectivity index (χ4v) is 3.36. The summed E-state index contributed by atoms with van der Waals surface area (Å²) in [6, 6.07) is 3.30. The van der Waals surface area contributed by atoms with Crippen LogP contribution in [0.4, 0.5) is 0 Å². The van der Waals surface area contributed by atoms with Gasteiger partial charge in [0.15, 0.2) is 0 Å². The highest BCUT2D eigenvalue weighted by Crippen LogP contribution is 2.22. The van der Waals surface area contributed by atoms with Crippen molar-refractivity contribution in [2.45, 2.75) is 25.3 Å². The molecule has 22 heavy (non-hydrogen) atoms. The van der Waals surface area contributed by atoms with Gasteiger partial charge in [0.1, 0.15) is 11.9 Å². The van der Waals surface area contributed by atoms with Crippen LogP contribution in [0.1, 0.15) is 28.3 Å². The van der Waals surface area contributed by atoms with E-state index >= 15 is 0 Å². The van der Waals surface area contributed by atoms with E-state index in [4.69, 9.17) is 0 Å². The van der Waals surface area contributed by atoms with Crippen LogP contribution in [0.2, 0.25) is 0 Å². The van der Waals surface area contributed by atoms with Gasteiger partial charge in [-0.25, -0.2) is 4.98 Å². The molecule has 0 aliphatic carbocycles. The fraction of sp³-hybridized carbons (Fsp3) is 0.400. The third-order valence-electron chi connectivity index (χ3n) is 3.76. The summed E-state index contributed by atoms with van der Waals surface area (Å²) < 4.78 is 0. The van der Waals surface area contributed by atoms with Gasteiger partial charge >= 0.3 is 0 Å². The van der Waals surface area contributed by atoms with Crippen molar-refractivity contribution in [2.75, 3.05) is 13.1 Å². The predicted molar refractivity (Wildman–Crippen MR) is 83.7 cm³/mol. The van der Waals surface area contributed by atoms with Crippen LogP contribution in [-0.2, 0) is 11.2 Å². The fourth-order valence-electron chi connectivity index (χ4n) is 2.68. The summed E-state index contributed by atoms with van der Waals surface area (Å²) in [5.74, 6) is 0.728. The number of imidazole rings is 1. The van der Waals surface area contributed by atoms with Crippen molar-refractivity contribution in [3.05, 3.63) is 40.6 Å². The van der Waals surface area contributed by atoms with Crippen molar-refractivity contribution in [3.8, 4) is 0 Å². The van der Waals surface area contributed by atoms with Crippen molar-refractivity contribution in [3.63, 3.8) is 0 Å². The molecule has 2 aromatic rings. The second kappa shape index (κ2) is 6.74. The molecule has 1 aliphatic rings. The van der Waals surface area contributed by atoms with Gasteiger partial charge in [-0.15, -0.1) is 11.3 Å². The average Bonchev–Trinajstić information content (AvgIpc) is 3.26.